The summed E-state index contributed by atoms with van der Waals surface area (Å²) in [5.74, 6) is 0. The van der Waals surface area contributed by atoms with Crippen LogP contribution in [0.1, 0.15) is 89.4 Å². The van der Waals surface area contributed by atoms with E-state index in [2.05, 4.69) is 38.4 Å². The van der Waals surface area contributed by atoms with Crippen molar-refractivity contribution in [3.05, 3.63) is 16.1 Å². The van der Waals surface area contributed by atoms with Crippen molar-refractivity contribution in [3.8, 4) is 0 Å². The second-order valence-electron chi connectivity index (χ2n) is 7.16. The van der Waals surface area contributed by atoms with Gasteiger partial charge in [-0.2, -0.15) is 0 Å². The van der Waals surface area contributed by atoms with Crippen molar-refractivity contribution < 1.29 is 0 Å². The Morgan fingerprint density at radius 1 is 1.30 bits per heavy atom. The Labute approximate surface area is 128 Å². The summed E-state index contributed by atoms with van der Waals surface area (Å²) in [5.41, 5.74) is 1.41. The zero-order valence-corrected chi connectivity index (χ0v) is 14.4. The lowest BCUT2D eigenvalue weighted by Crippen LogP contribution is -2.23. The minimum Gasteiger partial charge on any atom is -0.305 e. The third-order valence-corrected chi connectivity index (χ3v) is 4.91. The van der Waals surface area contributed by atoms with Crippen molar-refractivity contribution in [1.82, 2.24) is 10.3 Å². The highest BCUT2D eigenvalue weighted by Gasteiger charge is 2.27. The van der Waals surface area contributed by atoms with Crippen LogP contribution in [-0.2, 0) is 5.41 Å². The first-order valence-corrected chi connectivity index (χ1v) is 9.10. The van der Waals surface area contributed by atoms with E-state index in [9.17, 15) is 0 Å². The Hall–Kier alpha value is -0.410. The third-order valence-electron chi connectivity index (χ3n) is 3.95. The second-order valence-corrected chi connectivity index (χ2v) is 8.05. The highest BCUT2D eigenvalue weighted by molar-refractivity contribution is 7.09. The van der Waals surface area contributed by atoms with Crippen LogP contribution in [0, 0.1) is 0 Å². The van der Waals surface area contributed by atoms with Gasteiger partial charge >= 0.3 is 0 Å². The van der Waals surface area contributed by atoms with Crippen LogP contribution in [0.2, 0.25) is 0 Å². The molecule has 1 heterocycles. The predicted octanol–water partition coefficient (Wildman–Crippen LogP) is 5.20. The summed E-state index contributed by atoms with van der Waals surface area (Å²) in [7, 11) is 0. The summed E-state index contributed by atoms with van der Waals surface area (Å²) in [6.07, 6.45) is 9.30. The predicted molar refractivity (Wildman–Crippen MR) is 88.5 cm³/mol. The van der Waals surface area contributed by atoms with Crippen LogP contribution >= 0.6 is 11.3 Å². The van der Waals surface area contributed by atoms with Crippen molar-refractivity contribution >= 4 is 11.3 Å². The van der Waals surface area contributed by atoms with Crippen LogP contribution in [0.5, 0.6) is 0 Å². The molecule has 1 aliphatic rings. The van der Waals surface area contributed by atoms with E-state index in [1.54, 1.807) is 0 Å². The Morgan fingerprint density at radius 3 is 2.60 bits per heavy atom. The Kier molecular flexibility index (Phi) is 5.62. The first kappa shape index (κ1) is 16.0. The first-order valence-electron chi connectivity index (χ1n) is 8.22. The summed E-state index contributed by atoms with van der Waals surface area (Å²) in [6.45, 7) is 9.01. The maximum Gasteiger partial charge on any atom is 0.110 e. The van der Waals surface area contributed by atoms with E-state index >= 15 is 0 Å². The van der Waals surface area contributed by atoms with E-state index in [0.717, 1.165) is 6.04 Å². The molecule has 3 heteroatoms. The number of nitrogens with zero attached hydrogens (tertiary/aromatic N) is 1. The molecule has 2 rings (SSSR count). The fraction of sp³-hybridized carbons (Fsp3) is 0.824. The Bertz CT molecular complexity index is 401. The normalized spacial score (nSPS) is 17.4. The molecule has 20 heavy (non-hydrogen) atoms. The number of unbranched alkanes of at least 4 members (excludes halogenated alkanes) is 3. The van der Waals surface area contributed by atoms with E-state index in [0.29, 0.717) is 6.04 Å². The molecule has 0 saturated heterocycles. The van der Waals surface area contributed by atoms with Crippen molar-refractivity contribution in [2.24, 2.45) is 0 Å². The molecule has 1 unspecified atom stereocenters. The van der Waals surface area contributed by atoms with Crippen molar-refractivity contribution in [1.29, 1.82) is 0 Å². The minimum absolute atomic E-state index is 0.168. The summed E-state index contributed by atoms with van der Waals surface area (Å²) in [6, 6.07) is 1.24. The molecule has 2 nitrogen and oxygen atoms in total. The van der Waals surface area contributed by atoms with Crippen molar-refractivity contribution in [2.75, 3.05) is 0 Å². The van der Waals surface area contributed by atoms with Gasteiger partial charge in [-0.15, -0.1) is 11.3 Å². The molecular weight excluding hydrogens is 264 g/mol. The summed E-state index contributed by atoms with van der Waals surface area (Å²) >= 11 is 1.84. The monoisotopic (exact) mass is 294 g/mol. The number of rotatable bonds is 8. The second kappa shape index (κ2) is 7.04. The van der Waals surface area contributed by atoms with Gasteiger partial charge in [0.15, 0.2) is 0 Å². The number of thiazole rings is 1. The molecule has 1 fully saturated rings. The maximum atomic E-state index is 4.92. The van der Waals surface area contributed by atoms with E-state index in [1.807, 2.05) is 11.3 Å². The van der Waals surface area contributed by atoms with Gasteiger partial charge in [-0.05, 0) is 19.3 Å². The van der Waals surface area contributed by atoms with Crippen molar-refractivity contribution in [2.45, 2.75) is 90.1 Å². The van der Waals surface area contributed by atoms with Gasteiger partial charge in [0.1, 0.15) is 5.01 Å². The lowest BCUT2D eigenvalue weighted by molar-refractivity contribution is 0.462. The molecule has 1 aliphatic carbocycles. The minimum atomic E-state index is 0.168. The fourth-order valence-electron chi connectivity index (χ4n) is 2.38. The van der Waals surface area contributed by atoms with Gasteiger partial charge in [0.25, 0.3) is 0 Å². The molecule has 0 bridgehead atoms. The van der Waals surface area contributed by atoms with Gasteiger partial charge in [0.05, 0.1) is 11.7 Å². The highest BCUT2D eigenvalue weighted by Crippen LogP contribution is 2.32. The first-order chi connectivity index (χ1) is 9.50. The molecule has 0 spiro atoms. The molecule has 1 N–H and O–H groups in total. The molecule has 1 aromatic rings. The molecule has 0 aromatic carbocycles. The van der Waals surface area contributed by atoms with E-state index in [-0.39, 0.29) is 5.41 Å². The van der Waals surface area contributed by atoms with E-state index in [4.69, 9.17) is 4.98 Å². The van der Waals surface area contributed by atoms with Gasteiger partial charge in [-0.3, -0.25) is 0 Å². The van der Waals surface area contributed by atoms with Gasteiger partial charge in [-0.1, -0.05) is 53.4 Å². The molecule has 0 amide bonds. The molecule has 0 radical (unpaired) electrons. The number of hydrogen-bond donors (Lipinski definition) is 1. The Morgan fingerprint density at radius 2 is 2.05 bits per heavy atom. The van der Waals surface area contributed by atoms with Gasteiger partial charge in [-0.25, -0.2) is 4.98 Å². The fourth-order valence-corrected chi connectivity index (χ4v) is 3.52. The average Bonchev–Trinajstić information content (AvgIpc) is 3.04. The Balaban J connectivity index is 1.95. The summed E-state index contributed by atoms with van der Waals surface area (Å²) in [4.78, 5) is 4.92. The van der Waals surface area contributed by atoms with Crippen LogP contribution in [0.15, 0.2) is 5.38 Å². The van der Waals surface area contributed by atoms with Crippen molar-refractivity contribution in [3.63, 3.8) is 0 Å². The zero-order valence-electron chi connectivity index (χ0n) is 13.5. The van der Waals surface area contributed by atoms with Crippen LogP contribution in [0.25, 0.3) is 0 Å². The van der Waals surface area contributed by atoms with E-state index < -0.39 is 0 Å². The molecule has 1 aromatic heterocycles. The number of hydrogen-bond acceptors (Lipinski definition) is 3. The van der Waals surface area contributed by atoms with Gasteiger partial charge in [0, 0.05) is 16.8 Å². The zero-order chi connectivity index (χ0) is 14.6. The average molecular weight is 295 g/mol. The smallest absolute Gasteiger partial charge is 0.110 e. The van der Waals surface area contributed by atoms with Gasteiger partial charge < -0.3 is 5.32 Å². The molecule has 0 aliphatic heterocycles. The van der Waals surface area contributed by atoms with Crippen LogP contribution in [0.4, 0.5) is 0 Å². The van der Waals surface area contributed by atoms with Gasteiger partial charge in [0.2, 0.25) is 0 Å². The quantitative estimate of drug-likeness (QED) is 0.666. The topological polar surface area (TPSA) is 24.9 Å². The van der Waals surface area contributed by atoms with Crippen LogP contribution < -0.4 is 5.32 Å². The number of aromatic nitrogens is 1. The summed E-state index contributed by atoms with van der Waals surface area (Å²) in [5, 5.41) is 7.35. The molecule has 1 saturated carbocycles. The molecular formula is C17H30N2S. The standard InChI is InChI=1S/C17H30N2S/c1-5-6-7-8-9-14(18-13-10-11-13)16-19-15(12-20-16)17(2,3)4/h12-14,18H,5-11H2,1-4H3. The maximum absolute atomic E-state index is 4.92. The lowest BCUT2D eigenvalue weighted by atomic mass is 9.93. The SMILES string of the molecule is CCCCCCC(NC1CC1)c1nc(C(C)(C)C)cs1. The van der Waals surface area contributed by atoms with E-state index in [1.165, 1.54) is 55.6 Å². The molecule has 1 atom stereocenters. The summed E-state index contributed by atoms with van der Waals surface area (Å²) < 4.78 is 0. The number of nitrogens with one attached hydrogen (secondary N) is 1. The highest BCUT2D eigenvalue weighted by atomic mass is 32.1. The molecule has 114 valence electrons. The lowest BCUT2D eigenvalue weighted by Gasteiger charge is -2.17. The largest absolute Gasteiger partial charge is 0.305 e. The van der Waals surface area contributed by atoms with Crippen LogP contribution in [0.3, 0.4) is 0 Å². The third kappa shape index (κ3) is 4.85. The van der Waals surface area contributed by atoms with Crippen LogP contribution in [-0.4, -0.2) is 11.0 Å².